The van der Waals surface area contributed by atoms with E-state index in [0.29, 0.717) is 17.0 Å². The minimum Gasteiger partial charge on any atom is -0.331 e. The maximum absolute atomic E-state index is 13.8. The van der Waals surface area contributed by atoms with Crippen molar-refractivity contribution in [2.24, 2.45) is 0 Å². The Bertz CT molecular complexity index is 930. The van der Waals surface area contributed by atoms with Gasteiger partial charge >= 0.3 is 0 Å². The van der Waals surface area contributed by atoms with Crippen molar-refractivity contribution in [3.8, 4) is 5.69 Å². The number of para-hydroxylation sites is 1. The summed E-state index contributed by atoms with van der Waals surface area (Å²) in [5.74, 6) is -1.56. The highest BCUT2D eigenvalue weighted by atomic mass is 32.1. The maximum Gasteiger partial charge on any atom is 0.266 e. The molecular weight excluding hydrogens is 282 g/mol. The van der Waals surface area contributed by atoms with Crippen LogP contribution in [0.1, 0.15) is 0 Å². The Morgan fingerprint density at radius 3 is 2.60 bits per heavy atom. The number of nitrogens with one attached hydrogen (secondary N) is 1. The zero-order chi connectivity index (χ0) is 14.3. The van der Waals surface area contributed by atoms with E-state index in [9.17, 15) is 13.6 Å². The number of rotatable bonds is 1. The molecule has 0 fully saturated rings. The van der Waals surface area contributed by atoms with Gasteiger partial charge in [0.25, 0.3) is 5.56 Å². The van der Waals surface area contributed by atoms with E-state index in [1.165, 1.54) is 6.07 Å². The van der Waals surface area contributed by atoms with Crippen LogP contribution in [0.2, 0.25) is 0 Å². The Kier molecular flexibility index (Phi) is 2.94. The van der Waals surface area contributed by atoms with Crippen LogP contribution in [0.15, 0.2) is 47.3 Å². The van der Waals surface area contributed by atoms with E-state index in [1.54, 1.807) is 24.3 Å². The molecule has 0 unspecified atom stereocenters. The minimum absolute atomic E-state index is 0.0548. The molecule has 6 heteroatoms. The van der Waals surface area contributed by atoms with E-state index in [1.807, 2.05) is 0 Å². The van der Waals surface area contributed by atoms with Gasteiger partial charge in [-0.3, -0.25) is 4.79 Å². The van der Waals surface area contributed by atoms with Crippen molar-refractivity contribution in [1.82, 2.24) is 9.55 Å². The van der Waals surface area contributed by atoms with Crippen LogP contribution in [-0.2, 0) is 0 Å². The monoisotopic (exact) mass is 290 g/mol. The highest BCUT2D eigenvalue weighted by Gasteiger charge is 2.11. The molecule has 3 aromatic rings. The van der Waals surface area contributed by atoms with Gasteiger partial charge in [0.2, 0.25) is 0 Å². The maximum atomic E-state index is 13.8. The molecule has 2 aromatic carbocycles. The molecule has 1 N–H and O–H groups in total. The molecule has 0 radical (unpaired) electrons. The normalized spacial score (nSPS) is 10.9. The lowest BCUT2D eigenvalue weighted by atomic mass is 10.2. The Morgan fingerprint density at radius 2 is 1.85 bits per heavy atom. The summed E-state index contributed by atoms with van der Waals surface area (Å²) in [6.45, 7) is 0. The van der Waals surface area contributed by atoms with E-state index >= 15 is 0 Å². The van der Waals surface area contributed by atoms with Crippen LogP contribution in [-0.4, -0.2) is 9.55 Å². The first kappa shape index (κ1) is 12.7. The average molecular weight is 290 g/mol. The molecule has 0 amide bonds. The molecule has 0 aliphatic rings. The molecule has 0 aliphatic heterocycles. The van der Waals surface area contributed by atoms with Gasteiger partial charge in [-0.25, -0.2) is 13.3 Å². The molecule has 0 bridgehead atoms. The van der Waals surface area contributed by atoms with Gasteiger partial charge in [0, 0.05) is 6.07 Å². The highest BCUT2D eigenvalue weighted by Crippen LogP contribution is 2.15. The summed E-state index contributed by atoms with van der Waals surface area (Å²) < 4.78 is 27.9. The summed E-state index contributed by atoms with van der Waals surface area (Å²) in [5, 5.41) is 0.379. The van der Waals surface area contributed by atoms with Crippen LogP contribution < -0.4 is 5.56 Å². The van der Waals surface area contributed by atoms with Gasteiger partial charge in [-0.05, 0) is 36.5 Å². The summed E-state index contributed by atoms with van der Waals surface area (Å²) in [4.78, 5) is 15.3. The summed E-state index contributed by atoms with van der Waals surface area (Å²) in [5.41, 5.74) is 0.0412. The topological polar surface area (TPSA) is 37.8 Å². The quantitative estimate of drug-likeness (QED) is 0.698. The van der Waals surface area contributed by atoms with E-state index in [4.69, 9.17) is 12.2 Å². The van der Waals surface area contributed by atoms with E-state index < -0.39 is 17.2 Å². The fourth-order valence-corrected chi connectivity index (χ4v) is 2.34. The lowest BCUT2D eigenvalue weighted by molar-refractivity contribution is 0.576. The average Bonchev–Trinajstić information content (AvgIpc) is 2.41. The second kappa shape index (κ2) is 4.64. The van der Waals surface area contributed by atoms with Crippen molar-refractivity contribution in [3.63, 3.8) is 0 Å². The molecule has 0 saturated heterocycles. The van der Waals surface area contributed by atoms with Gasteiger partial charge in [-0.15, -0.1) is 0 Å². The molecule has 1 heterocycles. The van der Waals surface area contributed by atoms with E-state index in [2.05, 4.69) is 4.98 Å². The number of aromatic nitrogens is 2. The fraction of sp³-hybridized carbons (Fsp3) is 0. The first-order chi connectivity index (χ1) is 9.58. The minimum atomic E-state index is -0.845. The Balaban J connectivity index is 2.43. The lowest BCUT2D eigenvalue weighted by Crippen LogP contribution is -2.21. The molecule has 100 valence electrons. The van der Waals surface area contributed by atoms with Crippen LogP contribution in [0, 0.1) is 16.4 Å². The Labute approximate surface area is 117 Å². The zero-order valence-electron chi connectivity index (χ0n) is 10.1. The lowest BCUT2D eigenvalue weighted by Gasteiger charge is -2.09. The van der Waals surface area contributed by atoms with Crippen LogP contribution >= 0.6 is 12.2 Å². The number of benzene rings is 2. The van der Waals surface area contributed by atoms with Crippen LogP contribution in [0.25, 0.3) is 16.6 Å². The number of aromatic amines is 1. The van der Waals surface area contributed by atoms with Crippen molar-refractivity contribution < 1.29 is 8.78 Å². The molecule has 0 aliphatic carbocycles. The van der Waals surface area contributed by atoms with E-state index in [-0.39, 0.29) is 10.5 Å². The standard InChI is InChI=1S/C14H8F2N2OS/c15-8-5-6-12(10(16)7-8)18-13(19)9-3-1-2-4-11(9)17-14(18)20/h1-7H,(H,17,20). The first-order valence-corrected chi connectivity index (χ1v) is 6.18. The Hall–Kier alpha value is -2.34. The molecule has 20 heavy (non-hydrogen) atoms. The number of hydrogen-bond donors (Lipinski definition) is 1. The number of H-pyrrole nitrogens is 1. The van der Waals surface area contributed by atoms with Crippen molar-refractivity contribution >= 4 is 23.1 Å². The van der Waals surface area contributed by atoms with Crippen molar-refractivity contribution in [3.05, 3.63) is 69.2 Å². The predicted octanol–water partition coefficient (Wildman–Crippen LogP) is 3.33. The molecule has 3 rings (SSSR count). The van der Waals surface area contributed by atoms with Gasteiger partial charge in [0.15, 0.2) is 4.77 Å². The molecule has 3 nitrogen and oxygen atoms in total. The summed E-state index contributed by atoms with van der Waals surface area (Å²) >= 11 is 5.09. The predicted molar refractivity (Wildman–Crippen MR) is 74.6 cm³/mol. The third-order valence-corrected chi connectivity index (χ3v) is 3.24. The van der Waals surface area contributed by atoms with Crippen molar-refractivity contribution in [2.45, 2.75) is 0 Å². The van der Waals surface area contributed by atoms with Gasteiger partial charge in [0.05, 0.1) is 16.6 Å². The second-order valence-corrected chi connectivity index (χ2v) is 4.60. The molecule has 1 aromatic heterocycles. The number of hydrogen-bond acceptors (Lipinski definition) is 2. The number of fused-ring (bicyclic) bond motifs is 1. The smallest absolute Gasteiger partial charge is 0.266 e. The fourth-order valence-electron chi connectivity index (χ4n) is 2.04. The molecular formula is C14H8F2N2OS. The molecule has 0 spiro atoms. The zero-order valence-corrected chi connectivity index (χ0v) is 10.9. The Morgan fingerprint density at radius 1 is 1.10 bits per heavy atom. The van der Waals surface area contributed by atoms with Crippen LogP contribution in [0.4, 0.5) is 8.78 Å². The number of nitrogens with zero attached hydrogens (tertiary/aromatic N) is 1. The van der Waals surface area contributed by atoms with Crippen molar-refractivity contribution in [1.29, 1.82) is 0 Å². The van der Waals surface area contributed by atoms with Crippen LogP contribution in [0.3, 0.4) is 0 Å². The molecule has 0 atom stereocenters. The van der Waals surface area contributed by atoms with E-state index in [0.717, 1.165) is 10.6 Å². The summed E-state index contributed by atoms with van der Waals surface area (Å²) in [6, 6.07) is 9.76. The second-order valence-electron chi connectivity index (χ2n) is 4.21. The molecule has 0 saturated carbocycles. The van der Waals surface area contributed by atoms with Gasteiger partial charge < -0.3 is 4.98 Å². The van der Waals surface area contributed by atoms with Crippen LogP contribution in [0.5, 0.6) is 0 Å². The third-order valence-electron chi connectivity index (χ3n) is 2.96. The van der Waals surface area contributed by atoms with Gasteiger partial charge in [-0.1, -0.05) is 12.1 Å². The SMILES string of the molecule is O=c1c2ccccc2[nH]c(=S)n1-c1ccc(F)cc1F. The first-order valence-electron chi connectivity index (χ1n) is 5.77. The van der Waals surface area contributed by atoms with Gasteiger partial charge in [0.1, 0.15) is 11.6 Å². The summed E-state index contributed by atoms with van der Waals surface area (Å²) in [6.07, 6.45) is 0. The number of halogens is 2. The summed E-state index contributed by atoms with van der Waals surface area (Å²) in [7, 11) is 0. The highest BCUT2D eigenvalue weighted by molar-refractivity contribution is 7.71. The third kappa shape index (κ3) is 1.94. The van der Waals surface area contributed by atoms with Gasteiger partial charge in [-0.2, -0.15) is 0 Å². The largest absolute Gasteiger partial charge is 0.331 e. The van der Waals surface area contributed by atoms with Crippen molar-refractivity contribution in [2.75, 3.05) is 0 Å².